The molecule has 0 aliphatic carbocycles. The van der Waals surface area contributed by atoms with Crippen LogP contribution in [-0.2, 0) is 11.8 Å². The third kappa shape index (κ3) is 3.93. The fourth-order valence-electron chi connectivity index (χ4n) is 2.62. The molecule has 1 amide bonds. The number of hydrogen-bond donors (Lipinski definition) is 1. The number of furan rings is 1. The molecular weight excluding hydrogens is 336 g/mol. The Balaban J connectivity index is 1.59. The van der Waals surface area contributed by atoms with Gasteiger partial charge in [0, 0.05) is 7.05 Å². The van der Waals surface area contributed by atoms with Gasteiger partial charge in [-0.2, -0.15) is 0 Å². The standard InChI is InChI=1S/C18H20N4O2S/c1-12-7-4-5-8-14(12)13(2)19-16(23)11-25-18-21-20-17(22(18)3)15-9-6-10-24-15/h4-10,13H,11H2,1-3H3,(H,19,23)/t13-/m0/s1. The summed E-state index contributed by atoms with van der Waals surface area (Å²) in [6.45, 7) is 4.03. The maximum Gasteiger partial charge on any atom is 0.230 e. The molecule has 0 spiro atoms. The van der Waals surface area contributed by atoms with Crippen molar-refractivity contribution in [3.05, 3.63) is 53.8 Å². The average molecular weight is 356 g/mol. The molecule has 0 fully saturated rings. The second kappa shape index (κ2) is 7.57. The molecule has 0 aliphatic heterocycles. The number of rotatable bonds is 6. The summed E-state index contributed by atoms with van der Waals surface area (Å²) in [4.78, 5) is 12.3. The lowest BCUT2D eigenvalue weighted by Gasteiger charge is -2.16. The molecule has 130 valence electrons. The molecule has 1 atom stereocenters. The fourth-order valence-corrected chi connectivity index (χ4v) is 3.35. The van der Waals surface area contributed by atoms with E-state index in [2.05, 4.69) is 15.5 Å². The van der Waals surface area contributed by atoms with Crippen molar-refractivity contribution in [1.29, 1.82) is 0 Å². The first-order chi connectivity index (χ1) is 12.1. The van der Waals surface area contributed by atoms with E-state index in [1.807, 2.05) is 55.8 Å². The third-order valence-corrected chi connectivity index (χ3v) is 4.96. The van der Waals surface area contributed by atoms with Crippen LogP contribution in [0.2, 0.25) is 0 Å². The van der Waals surface area contributed by atoms with Gasteiger partial charge >= 0.3 is 0 Å². The highest BCUT2D eigenvalue weighted by molar-refractivity contribution is 7.99. The monoisotopic (exact) mass is 356 g/mol. The Morgan fingerprint density at radius 1 is 1.28 bits per heavy atom. The Morgan fingerprint density at radius 2 is 2.08 bits per heavy atom. The van der Waals surface area contributed by atoms with Gasteiger partial charge in [0.25, 0.3) is 0 Å². The van der Waals surface area contributed by atoms with Gasteiger partial charge in [-0.15, -0.1) is 10.2 Å². The van der Waals surface area contributed by atoms with E-state index in [-0.39, 0.29) is 17.7 Å². The molecule has 0 radical (unpaired) electrons. The molecule has 6 nitrogen and oxygen atoms in total. The van der Waals surface area contributed by atoms with E-state index in [1.165, 1.54) is 17.3 Å². The topological polar surface area (TPSA) is 73.0 Å². The molecule has 2 aromatic heterocycles. The summed E-state index contributed by atoms with van der Waals surface area (Å²) >= 11 is 1.35. The average Bonchev–Trinajstić information content (AvgIpc) is 3.23. The molecule has 2 heterocycles. The van der Waals surface area contributed by atoms with Gasteiger partial charge in [-0.3, -0.25) is 4.79 Å². The number of carbonyl (C=O) groups excluding carboxylic acids is 1. The van der Waals surface area contributed by atoms with Gasteiger partial charge in [0.1, 0.15) is 0 Å². The van der Waals surface area contributed by atoms with Crippen LogP contribution < -0.4 is 5.32 Å². The van der Waals surface area contributed by atoms with Crippen LogP contribution in [0.15, 0.2) is 52.2 Å². The minimum atomic E-state index is -0.0386. The minimum absolute atomic E-state index is 0.0347. The van der Waals surface area contributed by atoms with Crippen LogP contribution in [0.4, 0.5) is 0 Å². The zero-order valence-electron chi connectivity index (χ0n) is 14.4. The fraction of sp³-hybridized carbons (Fsp3) is 0.278. The predicted molar refractivity (Wildman–Crippen MR) is 97.2 cm³/mol. The van der Waals surface area contributed by atoms with Crippen LogP contribution in [0, 0.1) is 6.92 Å². The number of carbonyl (C=O) groups is 1. The first-order valence-corrected chi connectivity index (χ1v) is 8.95. The predicted octanol–water partition coefficient (Wildman–Crippen LogP) is 3.35. The lowest BCUT2D eigenvalue weighted by Crippen LogP contribution is -2.28. The number of benzene rings is 1. The molecule has 0 unspecified atom stereocenters. The Kier molecular flexibility index (Phi) is 5.23. The zero-order valence-corrected chi connectivity index (χ0v) is 15.2. The van der Waals surface area contributed by atoms with Crippen LogP contribution in [0.5, 0.6) is 0 Å². The summed E-state index contributed by atoms with van der Waals surface area (Å²) in [6.07, 6.45) is 1.59. The number of hydrogen-bond acceptors (Lipinski definition) is 5. The number of aromatic nitrogens is 3. The van der Waals surface area contributed by atoms with Crippen LogP contribution >= 0.6 is 11.8 Å². The highest BCUT2D eigenvalue weighted by atomic mass is 32.2. The number of aryl methyl sites for hydroxylation is 1. The van der Waals surface area contributed by atoms with Crippen molar-refractivity contribution in [2.24, 2.45) is 7.05 Å². The summed E-state index contributed by atoms with van der Waals surface area (Å²) < 4.78 is 7.16. The second-order valence-electron chi connectivity index (χ2n) is 5.78. The van der Waals surface area contributed by atoms with E-state index in [0.717, 1.165) is 5.56 Å². The maximum absolute atomic E-state index is 12.3. The van der Waals surface area contributed by atoms with Gasteiger partial charge in [-0.1, -0.05) is 36.0 Å². The van der Waals surface area contributed by atoms with E-state index in [1.54, 1.807) is 12.3 Å². The normalized spacial score (nSPS) is 12.1. The molecule has 1 aromatic carbocycles. The quantitative estimate of drug-likeness (QED) is 0.686. The van der Waals surface area contributed by atoms with Gasteiger partial charge in [0.2, 0.25) is 5.91 Å². The molecule has 0 saturated carbocycles. The lowest BCUT2D eigenvalue weighted by atomic mass is 10.0. The number of thioether (sulfide) groups is 1. The highest BCUT2D eigenvalue weighted by Gasteiger charge is 2.16. The van der Waals surface area contributed by atoms with Gasteiger partial charge in [-0.25, -0.2) is 0 Å². The van der Waals surface area contributed by atoms with E-state index in [4.69, 9.17) is 4.42 Å². The number of amides is 1. The van der Waals surface area contributed by atoms with Crippen molar-refractivity contribution in [3.63, 3.8) is 0 Å². The SMILES string of the molecule is Cc1ccccc1[C@H](C)NC(=O)CSc1nnc(-c2ccco2)n1C. The largest absolute Gasteiger partial charge is 0.461 e. The van der Waals surface area contributed by atoms with Crippen molar-refractivity contribution < 1.29 is 9.21 Å². The summed E-state index contributed by atoms with van der Waals surface area (Å²) in [5.74, 6) is 1.53. The van der Waals surface area contributed by atoms with E-state index >= 15 is 0 Å². The molecule has 0 aliphatic rings. The third-order valence-electron chi connectivity index (χ3n) is 3.94. The summed E-state index contributed by atoms with van der Waals surface area (Å²) in [5, 5.41) is 12.0. The number of nitrogens with one attached hydrogen (secondary N) is 1. The van der Waals surface area contributed by atoms with Crippen molar-refractivity contribution in [2.75, 3.05) is 5.75 Å². The Morgan fingerprint density at radius 3 is 2.80 bits per heavy atom. The summed E-state index contributed by atoms with van der Waals surface area (Å²) in [6, 6.07) is 11.6. The summed E-state index contributed by atoms with van der Waals surface area (Å²) in [5.41, 5.74) is 2.29. The van der Waals surface area contributed by atoms with Gasteiger partial charge in [0.15, 0.2) is 16.7 Å². The minimum Gasteiger partial charge on any atom is -0.461 e. The molecule has 0 bridgehead atoms. The molecule has 3 rings (SSSR count). The van der Waals surface area contributed by atoms with E-state index in [0.29, 0.717) is 16.7 Å². The van der Waals surface area contributed by atoms with Crippen LogP contribution in [0.25, 0.3) is 11.6 Å². The molecule has 3 aromatic rings. The molecule has 7 heteroatoms. The Bertz CT molecular complexity index is 858. The number of nitrogens with zero attached hydrogens (tertiary/aromatic N) is 3. The second-order valence-corrected chi connectivity index (χ2v) is 6.72. The molecule has 0 saturated heterocycles. The van der Waals surface area contributed by atoms with Crippen molar-refractivity contribution in [3.8, 4) is 11.6 Å². The van der Waals surface area contributed by atoms with Crippen molar-refractivity contribution in [1.82, 2.24) is 20.1 Å². The Hall–Kier alpha value is -2.54. The van der Waals surface area contributed by atoms with Gasteiger partial charge in [-0.05, 0) is 37.1 Å². The van der Waals surface area contributed by atoms with Crippen LogP contribution in [-0.4, -0.2) is 26.4 Å². The zero-order chi connectivity index (χ0) is 17.8. The Labute approximate surface area is 150 Å². The van der Waals surface area contributed by atoms with Gasteiger partial charge in [0.05, 0.1) is 18.1 Å². The lowest BCUT2D eigenvalue weighted by molar-refractivity contribution is -0.119. The molecule has 1 N–H and O–H groups in total. The molecular formula is C18H20N4O2S. The highest BCUT2D eigenvalue weighted by Crippen LogP contribution is 2.23. The van der Waals surface area contributed by atoms with Crippen LogP contribution in [0.1, 0.15) is 24.1 Å². The van der Waals surface area contributed by atoms with E-state index in [9.17, 15) is 4.79 Å². The van der Waals surface area contributed by atoms with Crippen molar-refractivity contribution >= 4 is 17.7 Å². The maximum atomic E-state index is 12.3. The first-order valence-electron chi connectivity index (χ1n) is 7.97. The van der Waals surface area contributed by atoms with Gasteiger partial charge < -0.3 is 14.3 Å². The molecule has 25 heavy (non-hydrogen) atoms. The smallest absolute Gasteiger partial charge is 0.230 e. The summed E-state index contributed by atoms with van der Waals surface area (Å²) in [7, 11) is 1.86. The first kappa shape index (κ1) is 17.3. The van der Waals surface area contributed by atoms with Crippen molar-refractivity contribution in [2.45, 2.75) is 25.0 Å². The van der Waals surface area contributed by atoms with Crippen LogP contribution in [0.3, 0.4) is 0 Å². The van der Waals surface area contributed by atoms with E-state index < -0.39 is 0 Å².